The van der Waals surface area contributed by atoms with Crippen LogP contribution >= 0.6 is 0 Å². The first kappa shape index (κ1) is 18.0. The number of rotatable bonds is 5. The zero-order valence-corrected chi connectivity index (χ0v) is 16.5. The van der Waals surface area contributed by atoms with Gasteiger partial charge in [0, 0.05) is 24.9 Å². The van der Waals surface area contributed by atoms with Crippen LogP contribution in [0.1, 0.15) is 16.8 Å². The maximum absolute atomic E-state index is 4.70. The van der Waals surface area contributed by atoms with Crippen molar-refractivity contribution < 1.29 is 0 Å². The molecule has 28 heavy (non-hydrogen) atoms. The van der Waals surface area contributed by atoms with Gasteiger partial charge in [0.25, 0.3) is 0 Å². The number of aryl methyl sites for hydroxylation is 3. The predicted molar refractivity (Wildman–Crippen MR) is 115 cm³/mol. The van der Waals surface area contributed by atoms with Gasteiger partial charge in [-0.2, -0.15) is 5.10 Å². The summed E-state index contributed by atoms with van der Waals surface area (Å²) in [5.74, 6) is 0.975. The molecule has 4 rings (SSSR count). The molecular formula is C24H24N4. The van der Waals surface area contributed by atoms with E-state index in [0.29, 0.717) is 6.54 Å². The molecule has 0 saturated carbocycles. The Morgan fingerprint density at radius 2 is 1.68 bits per heavy atom. The fraction of sp³-hybridized carbons (Fsp3) is 0.167. The maximum atomic E-state index is 4.70. The lowest BCUT2D eigenvalue weighted by Crippen LogP contribution is -2.05. The molecule has 4 aromatic rings. The van der Waals surface area contributed by atoms with Crippen molar-refractivity contribution in [3.8, 4) is 22.4 Å². The number of hydrogen-bond acceptors (Lipinski definition) is 3. The third kappa shape index (κ3) is 3.81. The Morgan fingerprint density at radius 3 is 2.39 bits per heavy atom. The van der Waals surface area contributed by atoms with Crippen LogP contribution in [0.4, 0.5) is 5.82 Å². The maximum Gasteiger partial charge on any atom is 0.124 e. The molecule has 0 saturated heterocycles. The van der Waals surface area contributed by atoms with E-state index in [1.165, 1.54) is 22.3 Å². The molecular weight excluding hydrogens is 344 g/mol. The highest BCUT2D eigenvalue weighted by molar-refractivity contribution is 5.73. The van der Waals surface area contributed by atoms with Gasteiger partial charge in [-0.3, -0.25) is 9.67 Å². The molecule has 0 aliphatic rings. The summed E-state index contributed by atoms with van der Waals surface area (Å²) >= 11 is 0. The summed E-state index contributed by atoms with van der Waals surface area (Å²) in [6, 6.07) is 23.2. The van der Waals surface area contributed by atoms with Crippen LogP contribution in [0.5, 0.6) is 0 Å². The Hall–Kier alpha value is -3.40. The molecule has 4 heteroatoms. The van der Waals surface area contributed by atoms with Crippen LogP contribution in [-0.2, 0) is 13.6 Å². The number of pyridine rings is 1. The van der Waals surface area contributed by atoms with Crippen molar-refractivity contribution >= 4 is 5.82 Å². The first-order chi connectivity index (χ1) is 13.6. The molecule has 4 nitrogen and oxygen atoms in total. The van der Waals surface area contributed by atoms with Crippen molar-refractivity contribution in [2.24, 2.45) is 7.05 Å². The van der Waals surface area contributed by atoms with Crippen LogP contribution in [-0.4, -0.2) is 14.8 Å². The molecule has 0 fully saturated rings. The molecule has 0 aliphatic carbocycles. The Balaban J connectivity index is 1.56. The van der Waals surface area contributed by atoms with E-state index in [4.69, 9.17) is 5.10 Å². The van der Waals surface area contributed by atoms with Crippen LogP contribution in [0.25, 0.3) is 22.4 Å². The Bertz CT molecular complexity index is 1080. The highest BCUT2D eigenvalue weighted by Crippen LogP contribution is 2.29. The molecule has 0 atom stereocenters. The SMILES string of the molecule is Cc1ccc(-c2ccc(-c3cc(NCc4ccccn4)n(C)n3)c(C)c2)cc1. The van der Waals surface area contributed by atoms with E-state index in [9.17, 15) is 0 Å². The second-order valence-electron chi connectivity index (χ2n) is 7.11. The lowest BCUT2D eigenvalue weighted by atomic mass is 9.98. The minimum atomic E-state index is 0.672. The molecule has 2 heterocycles. The van der Waals surface area contributed by atoms with Gasteiger partial charge < -0.3 is 5.32 Å². The average Bonchev–Trinajstić information content (AvgIpc) is 3.08. The zero-order valence-electron chi connectivity index (χ0n) is 16.5. The van der Waals surface area contributed by atoms with E-state index in [1.54, 1.807) is 0 Å². The Labute approximate surface area is 165 Å². The smallest absolute Gasteiger partial charge is 0.124 e. The van der Waals surface area contributed by atoms with Gasteiger partial charge in [0.1, 0.15) is 5.82 Å². The minimum absolute atomic E-state index is 0.672. The van der Waals surface area contributed by atoms with E-state index in [2.05, 4.69) is 72.7 Å². The first-order valence-electron chi connectivity index (χ1n) is 9.46. The molecule has 0 spiro atoms. The van der Waals surface area contributed by atoms with Crippen molar-refractivity contribution in [2.75, 3.05) is 5.32 Å². The zero-order chi connectivity index (χ0) is 19.5. The third-order valence-corrected chi connectivity index (χ3v) is 4.94. The van der Waals surface area contributed by atoms with Gasteiger partial charge in [0.15, 0.2) is 0 Å². The van der Waals surface area contributed by atoms with Crippen LogP contribution in [0.2, 0.25) is 0 Å². The highest BCUT2D eigenvalue weighted by Gasteiger charge is 2.11. The average molecular weight is 368 g/mol. The van der Waals surface area contributed by atoms with Gasteiger partial charge >= 0.3 is 0 Å². The molecule has 0 radical (unpaired) electrons. The second-order valence-corrected chi connectivity index (χ2v) is 7.11. The van der Waals surface area contributed by atoms with Crippen molar-refractivity contribution in [2.45, 2.75) is 20.4 Å². The molecule has 0 aliphatic heterocycles. The number of nitrogens with one attached hydrogen (secondary N) is 1. The lowest BCUT2D eigenvalue weighted by Gasteiger charge is -2.07. The van der Waals surface area contributed by atoms with Gasteiger partial charge in [-0.05, 0) is 42.7 Å². The topological polar surface area (TPSA) is 42.7 Å². The van der Waals surface area contributed by atoms with E-state index in [-0.39, 0.29) is 0 Å². The number of anilines is 1. The van der Waals surface area contributed by atoms with Gasteiger partial charge in [0.05, 0.1) is 17.9 Å². The molecule has 0 bridgehead atoms. The van der Waals surface area contributed by atoms with Crippen LogP contribution in [0.3, 0.4) is 0 Å². The lowest BCUT2D eigenvalue weighted by molar-refractivity contribution is 0.770. The van der Waals surface area contributed by atoms with Crippen molar-refractivity contribution in [1.29, 1.82) is 0 Å². The van der Waals surface area contributed by atoms with Gasteiger partial charge in [0.2, 0.25) is 0 Å². The fourth-order valence-corrected chi connectivity index (χ4v) is 3.32. The second kappa shape index (κ2) is 7.69. The summed E-state index contributed by atoms with van der Waals surface area (Å²) in [5, 5.41) is 8.12. The summed E-state index contributed by atoms with van der Waals surface area (Å²) in [7, 11) is 1.96. The van der Waals surface area contributed by atoms with E-state index in [1.807, 2.05) is 36.1 Å². The quantitative estimate of drug-likeness (QED) is 0.514. The molecule has 1 N–H and O–H groups in total. The molecule has 0 unspecified atom stereocenters. The number of aromatic nitrogens is 3. The molecule has 2 aromatic heterocycles. The summed E-state index contributed by atoms with van der Waals surface area (Å²) < 4.78 is 1.88. The Morgan fingerprint density at radius 1 is 0.893 bits per heavy atom. The van der Waals surface area contributed by atoms with Gasteiger partial charge in [-0.25, -0.2) is 0 Å². The van der Waals surface area contributed by atoms with E-state index < -0.39 is 0 Å². The first-order valence-corrected chi connectivity index (χ1v) is 9.46. The van der Waals surface area contributed by atoms with Crippen molar-refractivity contribution in [3.05, 3.63) is 89.7 Å². The molecule has 0 amide bonds. The monoisotopic (exact) mass is 368 g/mol. The molecule has 2 aromatic carbocycles. The van der Waals surface area contributed by atoms with Gasteiger partial charge in [-0.1, -0.05) is 54.1 Å². The van der Waals surface area contributed by atoms with E-state index >= 15 is 0 Å². The summed E-state index contributed by atoms with van der Waals surface area (Å²) in [4.78, 5) is 4.35. The van der Waals surface area contributed by atoms with Crippen LogP contribution in [0, 0.1) is 13.8 Å². The van der Waals surface area contributed by atoms with Crippen molar-refractivity contribution in [1.82, 2.24) is 14.8 Å². The van der Waals surface area contributed by atoms with Crippen LogP contribution < -0.4 is 5.32 Å². The normalized spacial score (nSPS) is 10.8. The number of benzene rings is 2. The fourth-order valence-electron chi connectivity index (χ4n) is 3.32. The largest absolute Gasteiger partial charge is 0.365 e. The van der Waals surface area contributed by atoms with Gasteiger partial charge in [-0.15, -0.1) is 0 Å². The summed E-state index contributed by atoms with van der Waals surface area (Å²) in [6.07, 6.45) is 1.81. The van der Waals surface area contributed by atoms with Crippen LogP contribution in [0.15, 0.2) is 72.9 Å². The summed E-state index contributed by atoms with van der Waals surface area (Å²) in [6.45, 7) is 4.92. The standard InChI is InChI=1S/C24H24N4/c1-17-7-9-19(10-8-17)20-11-12-22(18(2)14-20)23-15-24(28(3)27-23)26-16-21-6-4-5-13-25-21/h4-15,26H,16H2,1-3H3. The van der Waals surface area contributed by atoms with E-state index in [0.717, 1.165) is 22.8 Å². The number of nitrogens with zero attached hydrogens (tertiary/aromatic N) is 3. The third-order valence-electron chi connectivity index (χ3n) is 4.94. The summed E-state index contributed by atoms with van der Waals surface area (Å²) in [5.41, 5.74) is 8.08. The highest BCUT2D eigenvalue weighted by atomic mass is 15.3. The molecule has 140 valence electrons. The number of hydrogen-bond donors (Lipinski definition) is 1. The Kier molecular flexibility index (Phi) is 4.94. The minimum Gasteiger partial charge on any atom is -0.365 e. The predicted octanol–water partition coefficient (Wildman–Crippen LogP) is 5.38. The van der Waals surface area contributed by atoms with Crippen molar-refractivity contribution in [3.63, 3.8) is 0 Å².